The Bertz CT molecular complexity index is 1180. The number of pyridine rings is 2. The fourth-order valence-corrected chi connectivity index (χ4v) is 4.98. The number of hydrogen-bond acceptors (Lipinski definition) is 5. The van der Waals surface area contributed by atoms with Crippen molar-refractivity contribution in [3.63, 3.8) is 0 Å². The summed E-state index contributed by atoms with van der Waals surface area (Å²) in [5.41, 5.74) is 3.55. The molecule has 2 aliphatic heterocycles. The van der Waals surface area contributed by atoms with Gasteiger partial charge in [-0.15, -0.1) is 0 Å². The highest BCUT2D eigenvalue weighted by Gasteiger charge is 2.20. The third kappa shape index (κ3) is 3.63. The maximum Gasteiger partial charge on any atom is 0.136 e. The molecule has 2 fully saturated rings. The van der Waals surface area contributed by atoms with Crippen LogP contribution in [-0.4, -0.2) is 69.6 Å². The van der Waals surface area contributed by atoms with E-state index in [2.05, 4.69) is 65.3 Å². The summed E-state index contributed by atoms with van der Waals surface area (Å²) in [6, 6.07) is 8.75. The summed E-state index contributed by atoms with van der Waals surface area (Å²) in [4.78, 5) is 16.6. The molecule has 0 bridgehead atoms. The van der Waals surface area contributed by atoms with Crippen LogP contribution in [0, 0.1) is 0 Å². The Morgan fingerprint density at radius 2 is 1.65 bits per heavy atom. The van der Waals surface area contributed by atoms with Gasteiger partial charge in [0.1, 0.15) is 11.5 Å². The van der Waals surface area contributed by atoms with Gasteiger partial charge in [-0.1, -0.05) is 0 Å². The third-order valence-electron chi connectivity index (χ3n) is 6.84. The summed E-state index contributed by atoms with van der Waals surface area (Å²) in [5.74, 6) is 1.10. The zero-order valence-electron chi connectivity index (χ0n) is 17.9. The van der Waals surface area contributed by atoms with Crippen LogP contribution in [0.25, 0.3) is 16.6 Å². The molecule has 0 spiro atoms. The summed E-state index contributed by atoms with van der Waals surface area (Å²) in [6.45, 7) is 8.66. The van der Waals surface area contributed by atoms with Crippen molar-refractivity contribution in [3.8, 4) is 0 Å². The van der Waals surface area contributed by atoms with Crippen molar-refractivity contribution in [1.29, 1.82) is 0 Å². The predicted molar refractivity (Wildman–Crippen MR) is 125 cm³/mol. The summed E-state index contributed by atoms with van der Waals surface area (Å²) in [6.07, 6.45) is 13.0. The maximum atomic E-state index is 4.78. The summed E-state index contributed by atoms with van der Waals surface area (Å²) < 4.78 is 4.49. The molecule has 0 aliphatic carbocycles. The van der Waals surface area contributed by atoms with Gasteiger partial charge in [-0.3, -0.25) is 0 Å². The van der Waals surface area contributed by atoms with Gasteiger partial charge >= 0.3 is 0 Å². The Balaban J connectivity index is 1.15. The van der Waals surface area contributed by atoms with Gasteiger partial charge in [-0.2, -0.15) is 0 Å². The monoisotopic (exact) mass is 415 g/mol. The number of hydrogen-bond donors (Lipinski definition) is 0. The Morgan fingerprint density at radius 1 is 0.806 bits per heavy atom. The normalized spacial score (nSPS) is 17.9. The molecule has 0 radical (unpaired) electrons. The Kier molecular flexibility index (Phi) is 4.76. The fraction of sp³-hybridized carbons (Fsp3) is 0.417. The van der Waals surface area contributed by atoms with Crippen LogP contribution in [-0.2, 0) is 6.54 Å². The number of nitrogens with zero attached hydrogens (tertiary/aromatic N) is 7. The van der Waals surface area contributed by atoms with Gasteiger partial charge < -0.3 is 23.7 Å². The molecule has 0 N–H and O–H groups in total. The van der Waals surface area contributed by atoms with E-state index in [4.69, 9.17) is 4.98 Å². The van der Waals surface area contributed by atoms with Crippen LogP contribution in [0.15, 0.2) is 55.2 Å². The minimum Gasteiger partial charge on any atom is -0.367 e. The molecule has 6 rings (SSSR count). The van der Waals surface area contributed by atoms with E-state index in [-0.39, 0.29) is 0 Å². The SMILES string of the molecule is c1cn2cc(N3CCN(c4cc5c(ccn5CCN5CCCC5)cn4)CC3)ccc2n1. The Hall–Kier alpha value is -3.06. The number of fused-ring (bicyclic) bond motifs is 2. The lowest BCUT2D eigenvalue weighted by molar-refractivity contribution is 0.324. The first-order valence-electron chi connectivity index (χ1n) is 11.4. The molecule has 2 saturated heterocycles. The molecule has 4 aromatic heterocycles. The van der Waals surface area contributed by atoms with E-state index in [9.17, 15) is 0 Å². The van der Waals surface area contributed by atoms with Gasteiger partial charge in [0.15, 0.2) is 0 Å². The van der Waals surface area contributed by atoms with E-state index in [1.807, 2.05) is 18.6 Å². The zero-order valence-corrected chi connectivity index (χ0v) is 17.9. The van der Waals surface area contributed by atoms with Gasteiger partial charge in [0.25, 0.3) is 0 Å². The molecule has 7 nitrogen and oxygen atoms in total. The topological polar surface area (TPSA) is 44.8 Å². The van der Waals surface area contributed by atoms with Crippen molar-refractivity contribution < 1.29 is 0 Å². The van der Waals surface area contributed by atoms with Gasteiger partial charge in [0.05, 0.1) is 11.2 Å². The first-order valence-corrected chi connectivity index (χ1v) is 11.4. The number of anilines is 2. The average Bonchev–Trinajstić information content (AvgIpc) is 3.58. The van der Waals surface area contributed by atoms with Crippen LogP contribution < -0.4 is 9.80 Å². The highest BCUT2D eigenvalue weighted by atomic mass is 15.3. The lowest BCUT2D eigenvalue weighted by Crippen LogP contribution is -2.46. The van der Waals surface area contributed by atoms with Gasteiger partial charge in [0, 0.05) is 81.7 Å². The number of rotatable bonds is 5. The van der Waals surface area contributed by atoms with Gasteiger partial charge in [0.2, 0.25) is 0 Å². The van der Waals surface area contributed by atoms with Crippen LogP contribution in [0.2, 0.25) is 0 Å². The lowest BCUT2D eigenvalue weighted by atomic mass is 10.2. The maximum absolute atomic E-state index is 4.78. The van der Waals surface area contributed by atoms with Crippen LogP contribution in [0.5, 0.6) is 0 Å². The summed E-state index contributed by atoms with van der Waals surface area (Å²) in [5, 5.41) is 1.23. The fourth-order valence-electron chi connectivity index (χ4n) is 4.98. The van der Waals surface area contributed by atoms with Crippen LogP contribution in [0.1, 0.15) is 12.8 Å². The third-order valence-corrected chi connectivity index (χ3v) is 6.84. The summed E-state index contributed by atoms with van der Waals surface area (Å²) in [7, 11) is 0. The summed E-state index contributed by atoms with van der Waals surface area (Å²) >= 11 is 0. The van der Waals surface area contributed by atoms with E-state index in [1.54, 1.807) is 0 Å². The van der Waals surface area contributed by atoms with E-state index >= 15 is 0 Å². The molecular formula is C24H29N7. The minimum atomic E-state index is 0.981. The van der Waals surface area contributed by atoms with Crippen molar-refractivity contribution in [2.24, 2.45) is 0 Å². The second-order valence-corrected chi connectivity index (χ2v) is 8.71. The molecule has 7 heteroatoms. The van der Waals surface area contributed by atoms with Crippen molar-refractivity contribution in [2.45, 2.75) is 19.4 Å². The number of imidazole rings is 1. The number of piperazine rings is 1. The smallest absolute Gasteiger partial charge is 0.136 e. The lowest BCUT2D eigenvalue weighted by Gasteiger charge is -2.36. The quantitative estimate of drug-likeness (QED) is 0.501. The van der Waals surface area contributed by atoms with E-state index < -0.39 is 0 Å². The van der Waals surface area contributed by atoms with Crippen LogP contribution >= 0.6 is 0 Å². The van der Waals surface area contributed by atoms with Crippen molar-refractivity contribution in [3.05, 3.63) is 55.2 Å². The molecule has 6 heterocycles. The van der Waals surface area contributed by atoms with E-state index in [1.165, 1.54) is 42.5 Å². The van der Waals surface area contributed by atoms with E-state index in [0.717, 1.165) is 50.7 Å². The molecule has 31 heavy (non-hydrogen) atoms. The second-order valence-electron chi connectivity index (χ2n) is 8.71. The molecule has 0 amide bonds. The first-order chi connectivity index (χ1) is 15.3. The Labute approximate surface area is 182 Å². The molecule has 4 aromatic rings. The predicted octanol–water partition coefficient (Wildman–Crippen LogP) is 3.11. The molecule has 0 aromatic carbocycles. The highest BCUT2D eigenvalue weighted by molar-refractivity contribution is 5.81. The number of aromatic nitrogens is 4. The van der Waals surface area contributed by atoms with Crippen molar-refractivity contribution >= 4 is 28.1 Å². The molecular weight excluding hydrogens is 386 g/mol. The highest BCUT2D eigenvalue weighted by Crippen LogP contribution is 2.24. The molecule has 0 atom stereocenters. The second kappa shape index (κ2) is 7.89. The number of likely N-dealkylation sites (tertiary alicyclic amines) is 1. The minimum absolute atomic E-state index is 0.981. The first kappa shape index (κ1) is 18.7. The molecule has 2 aliphatic rings. The Morgan fingerprint density at radius 3 is 2.52 bits per heavy atom. The van der Waals surface area contributed by atoms with Gasteiger partial charge in [-0.25, -0.2) is 9.97 Å². The zero-order chi connectivity index (χ0) is 20.6. The molecule has 0 saturated carbocycles. The van der Waals surface area contributed by atoms with Gasteiger partial charge in [-0.05, 0) is 44.1 Å². The van der Waals surface area contributed by atoms with Crippen LogP contribution in [0.4, 0.5) is 11.5 Å². The molecule has 0 unspecified atom stereocenters. The largest absolute Gasteiger partial charge is 0.367 e. The van der Waals surface area contributed by atoms with E-state index in [0.29, 0.717) is 0 Å². The van der Waals surface area contributed by atoms with Crippen molar-refractivity contribution in [2.75, 3.05) is 55.6 Å². The average molecular weight is 416 g/mol. The molecule has 160 valence electrons. The standard InChI is InChI=1S/C24H29N7/c1-2-8-27(7-1)11-12-29-9-5-20-18-26-24(17-22(20)29)30-15-13-28(14-16-30)21-3-4-23-25-6-10-31(23)19-21/h3-6,9-10,17-19H,1-2,7-8,11-16H2. The van der Waals surface area contributed by atoms with Crippen molar-refractivity contribution in [1.82, 2.24) is 23.8 Å². The van der Waals surface area contributed by atoms with Crippen LogP contribution in [0.3, 0.4) is 0 Å².